The Kier molecular flexibility index (Phi) is 15.0. The van der Waals surface area contributed by atoms with Crippen LogP contribution in [0.25, 0.3) is 5.57 Å². The molecule has 0 aliphatic carbocycles. The number of hydrogen-bond acceptors (Lipinski definition) is 6. The minimum absolute atomic E-state index is 0.000844. The maximum Gasteiger partial charge on any atom is 0.225 e. The number of aryl methyl sites for hydroxylation is 1. The number of unbranched alkanes of at least 4 members (excludes halogenated alkanes) is 2. The molecule has 3 rings (SSSR count). The van der Waals surface area contributed by atoms with Gasteiger partial charge in [0.25, 0.3) is 0 Å². The lowest BCUT2D eigenvalue weighted by atomic mass is 9.96. The Hall–Kier alpha value is -3.44. The van der Waals surface area contributed by atoms with E-state index in [1.807, 2.05) is 50.8 Å². The molecule has 1 fully saturated rings. The van der Waals surface area contributed by atoms with Gasteiger partial charge in [-0.15, -0.1) is 0 Å². The van der Waals surface area contributed by atoms with E-state index in [0.29, 0.717) is 31.7 Å². The Balaban J connectivity index is 0.000000374. The third-order valence-electron chi connectivity index (χ3n) is 6.90. The lowest BCUT2D eigenvalue weighted by Gasteiger charge is -2.37. The summed E-state index contributed by atoms with van der Waals surface area (Å²) in [6, 6.07) is 8.97. The first-order valence-electron chi connectivity index (χ1n) is 14.9. The Morgan fingerprint density at radius 3 is 2.43 bits per heavy atom. The normalized spacial score (nSPS) is 13.9. The molecule has 0 atom stereocenters. The highest BCUT2D eigenvalue weighted by molar-refractivity contribution is 8.07. The predicted molar refractivity (Wildman–Crippen MR) is 174 cm³/mol. The molecule has 1 saturated heterocycles. The number of amides is 1. The van der Waals surface area contributed by atoms with E-state index in [9.17, 15) is 9.18 Å². The lowest BCUT2D eigenvalue weighted by Crippen LogP contribution is -2.50. The first-order valence-corrected chi connectivity index (χ1v) is 15.7. The van der Waals surface area contributed by atoms with Crippen LogP contribution in [0.5, 0.6) is 0 Å². The molecule has 0 unspecified atom stereocenters. The van der Waals surface area contributed by atoms with Gasteiger partial charge in [0.05, 0.1) is 10.6 Å². The third-order valence-corrected chi connectivity index (χ3v) is 7.88. The van der Waals surface area contributed by atoms with Gasteiger partial charge in [-0.05, 0) is 43.2 Å². The molecule has 6 nitrogen and oxygen atoms in total. The second-order valence-electron chi connectivity index (χ2n) is 10.5. The first-order chi connectivity index (χ1) is 20.2. The largest absolute Gasteiger partial charge is 0.352 e. The second kappa shape index (κ2) is 18.2. The van der Waals surface area contributed by atoms with Gasteiger partial charge in [0.2, 0.25) is 5.91 Å². The van der Waals surface area contributed by atoms with Crippen molar-refractivity contribution in [3.05, 3.63) is 81.8 Å². The average Bonchev–Trinajstić information content (AvgIpc) is 2.99. The van der Waals surface area contributed by atoms with Crippen LogP contribution in [0.4, 0.5) is 10.2 Å². The molecule has 1 aromatic carbocycles. The number of thioether (sulfide) groups is 1. The summed E-state index contributed by atoms with van der Waals surface area (Å²) in [5.74, 6) is 0.705. The summed E-state index contributed by atoms with van der Waals surface area (Å²) in [4.78, 5) is 27.1. The van der Waals surface area contributed by atoms with Crippen LogP contribution < -0.4 is 4.90 Å². The number of carbonyl (C=O) groups is 1. The summed E-state index contributed by atoms with van der Waals surface area (Å²) >= 11 is 1.53. The van der Waals surface area contributed by atoms with Crippen LogP contribution in [0, 0.1) is 30.0 Å². The maximum atomic E-state index is 14.5. The molecule has 1 aliphatic heterocycles. The summed E-state index contributed by atoms with van der Waals surface area (Å²) in [6.45, 7) is 18.6. The lowest BCUT2D eigenvalue weighted by molar-refractivity contribution is -0.134. The van der Waals surface area contributed by atoms with E-state index in [2.05, 4.69) is 41.4 Å². The fourth-order valence-electron chi connectivity index (χ4n) is 4.67. The van der Waals surface area contributed by atoms with Gasteiger partial charge in [0, 0.05) is 43.2 Å². The summed E-state index contributed by atoms with van der Waals surface area (Å²) < 4.78 is 14.5. The number of allylic oxidation sites excluding steroid dienone is 4. The van der Waals surface area contributed by atoms with E-state index in [1.54, 1.807) is 18.5 Å². The van der Waals surface area contributed by atoms with Crippen LogP contribution in [0.2, 0.25) is 0 Å². The first kappa shape index (κ1) is 34.8. The molecule has 8 heteroatoms. The van der Waals surface area contributed by atoms with E-state index in [-0.39, 0.29) is 17.6 Å². The van der Waals surface area contributed by atoms with Crippen LogP contribution in [0.1, 0.15) is 83.5 Å². The smallest absolute Gasteiger partial charge is 0.225 e. The molecule has 1 aromatic heterocycles. The molecule has 1 aliphatic rings. The molecule has 1 amide bonds. The van der Waals surface area contributed by atoms with Gasteiger partial charge in [-0.1, -0.05) is 95.6 Å². The zero-order valence-corrected chi connectivity index (χ0v) is 26.9. The Labute approximate surface area is 256 Å². The number of anilines is 1. The second-order valence-corrected chi connectivity index (χ2v) is 11.7. The fraction of sp³-hybridized carbons (Fsp3) is 0.471. The maximum absolute atomic E-state index is 14.5. The van der Waals surface area contributed by atoms with E-state index in [4.69, 9.17) is 5.26 Å². The SMILES string of the molecule is C/C=C(/c1ccccc1F)c1c(C)ncnc1N1CCN(C(=O)C(C)C)CC1.C=C(CCC)S/C(C#N)=C\CCCC. The van der Waals surface area contributed by atoms with Gasteiger partial charge < -0.3 is 9.80 Å². The molecule has 0 radical (unpaired) electrons. The van der Waals surface area contributed by atoms with Crippen LogP contribution in [0.3, 0.4) is 0 Å². The van der Waals surface area contributed by atoms with E-state index >= 15 is 0 Å². The highest BCUT2D eigenvalue weighted by atomic mass is 32.2. The van der Waals surface area contributed by atoms with Gasteiger partial charge in [-0.2, -0.15) is 5.26 Å². The molecule has 2 heterocycles. The Morgan fingerprint density at radius 2 is 1.86 bits per heavy atom. The molecule has 2 aromatic rings. The topological polar surface area (TPSA) is 73.1 Å². The van der Waals surface area contributed by atoms with Crippen molar-refractivity contribution in [2.75, 3.05) is 31.1 Å². The van der Waals surface area contributed by atoms with Crippen molar-refractivity contribution < 1.29 is 9.18 Å². The van der Waals surface area contributed by atoms with Gasteiger partial charge in [-0.3, -0.25) is 4.79 Å². The highest BCUT2D eigenvalue weighted by Crippen LogP contribution is 2.34. The molecule has 0 N–H and O–H groups in total. The predicted octanol–water partition coefficient (Wildman–Crippen LogP) is 8.31. The summed E-state index contributed by atoms with van der Waals surface area (Å²) in [6.07, 6.45) is 10.9. The van der Waals surface area contributed by atoms with Crippen LogP contribution in [0.15, 0.2) is 59.1 Å². The Bertz CT molecular complexity index is 1290. The third kappa shape index (κ3) is 10.1. The zero-order chi connectivity index (χ0) is 31.1. The quantitative estimate of drug-likeness (QED) is 0.193. The molecular weight excluding hydrogens is 545 g/mol. The van der Waals surface area contributed by atoms with Crippen LogP contribution in [-0.2, 0) is 4.79 Å². The summed E-state index contributed by atoms with van der Waals surface area (Å²) in [5.41, 5.74) is 2.98. The minimum atomic E-state index is -0.267. The standard InChI is InChI=1S/C22H27FN4O.C12H19NS/c1-5-17(18-8-6-7-9-19(18)23)20-16(4)24-14-25-21(20)26-10-12-27(13-11-26)22(28)15(2)3;1-4-6-7-9-12(10-13)14-11(3)8-5-2/h5-9,14-15H,10-13H2,1-4H3;9H,3-8H2,1-2H3/b17-5-;12-9-. The van der Waals surface area contributed by atoms with E-state index < -0.39 is 0 Å². The van der Waals surface area contributed by atoms with E-state index in [0.717, 1.165) is 58.1 Å². The number of aromatic nitrogens is 2. The average molecular weight is 592 g/mol. The molecule has 0 spiro atoms. The molecule has 226 valence electrons. The minimum Gasteiger partial charge on any atom is -0.352 e. The number of carbonyl (C=O) groups excluding carboxylic acids is 1. The monoisotopic (exact) mass is 591 g/mol. The number of rotatable bonds is 11. The molecule has 0 saturated carbocycles. The van der Waals surface area contributed by atoms with Gasteiger partial charge in [0.1, 0.15) is 24.0 Å². The molecular formula is C34H46FN5OS. The number of benzene rings is 1. The fourth-order valence-corrected chi connectivity index (χ4v) is 5.53. The van der Waals surface area contributed by atoms with Crippen molar-refractivity contribution in [3.63, 3.8) is 0 Å². The van der Waals surface area contributed by atoms with Crippen molar-refractivity contribution in [3.8, 4) is 6.07 Å². The highest BCUT2D eigenvalue weighted by Gasteiger charge is 2.27. The van der Waals surface area contributed by atoms with Gasteiger partial charge in [-0.25, -0.2) is 14.4 Å². The number of halogens is 1. The van der Waals surface area contributed by atoms with Crippen LogP contribution in [-0.4, -0.2) is 47.0 Å². The summed E-state index contributed by atoms with van der Waals surface area (Å²) in [7, 11) is 0. The van der Waals surface area contributed by atoms with Crippen molar-refractivity contribution in [2.24, 2.45) is 5.92 Å². The number of nitriles is 1. The van der Waals surface area contributed by atoms with Crippen LogP contribution >= 0.6 is 11.8 Å². The van der Waals surface area contributed by atoms with Crippen molar-refractivity contribution in [2.45, 2.75) is 73.6 Å². The Morgan fingerprint density at radius 1 is 1.17 bits per heavy atom. The molecule has 0 bridgehead atoms. The number of hydrogen-bond donors (Lipinski definition) is 0. The molecule has 42 heavy (non-hydrogen) atoms. The van der Waals surface area contributed by atoms with Crippen molar-refractivity contribution in [1.29, 1.82) is 5.26 Å². The number of nitrogens with zero attached hydrogens (tertiary/aromatic N) is 5. The summed E-state index contributed by atoms with van der Waals surface area (Å²) in [5, 5.41) is 8.86. The van der Waals surface area contributed by atoms with Gasteiger partial charge >= 0.3 is 0 Å². The van der Waals surface area contributed by atoms with E-state index in [1.165, 1.54) is 24.2 Å². The van der Waals surface area contributed by atoms with Crippen molar-refractivity contribution in [1.82, 2.24) is 14.9 Å². The van der Waals surface area contributed by atoms with Crippen molar-refractivity contribution >= 4 is 29.1 Å². The number of piperazine rings is 1. The van der Waals surface area contributed by atoms with Gasteiger partial charge in [0.15, 0.2) is 0 Å². The zero-order valence-electron chi connectivity index (χ0n) is 26.1.